The van der Waals surface area contributed by atoms with Gasteiger partial charge in [-0.25, -0.2) is 9.67 Å². The summed E-state index contributed by atoms with van der Waals surface area (Å²) in [5.74, 6) is 1.02. The van der Waals surface area contributed by atoms with Gasteiger partial charge in [-0.15, -0.1) is 16.4 Å². The highest BCUT2D eigenvalue weighted by atomic mass is 32.1. The van der Waals surface area contributed by atoms with Gasteiger partial charge in [-0.05, 0) is 44.2 Å². The molecule has 6 rings (SSSR count). The van der Waals surface area contributed by atoms with Crippen LogP contribution in [0.2, 0.25) is 0 Å². The van der Waals surface area contributed by atoms with Gasteiger partial charge in [0, 0.05) is 30.5 Å². The zero-order valence-corrected chi connectivity index (χ0v) is 19.8. The summed E-state index contributed by atoms with van der Waals surface area (Å²) < 4.78 is 8.32. The number of fused-ring (bicyclic) bond motifs is 5. The van der Waals surface area contributed by atoms with E-state index >= 15 is 0 Å². The molecule has 0 aliphatic carbocycles. The monoisotopic (exact) mass is 461 g/mol. The number of benzene rings is 1. The van der Waals surface area contributed by atoms with Crippen LogP contribution in [0.4, 0.5) is 5.82 Å². The number of anilines is 1. The Morgan fingerprint density at radius 1 is 1.12 bits per heavy atom. The molecule has 2 aliphatic rings. The van der Waals surface area contributed by atoms with E-state index in [0.29, 0.717) is 23.4 Å². The maximum atomic E-state index is 13.4. The lowest BCUT2D eigenvalue weighted by Gasteiger charge is -2.34. The standard InChI is InChI=1S/C25H27N5O2S/c1-25(2)14-17-18(15-32-25)22(29-11-6-7-12-29)26-23-19(17)20-21(33-23)24(31)30(28-27-20)13-10-16-8-4-3-5-9-16/h3-5,8-9H,6-7,10-15H2,1-2H3. The highest BCUT2D eigenvalue weighted by Crippen LogP contribution is 2.42. The molecule has 0 atom stereocenters. The maximum Gasteiger partial charge on any atom is 0.287 e. The highest BCUT2D eigenvalue weighted by Gasteiger charge is 2.33. The number of thiophene rings is 1. The fourth-order valence-corrected chi connectivity index (χ4v) is 6.10. The van der Waals surface area contributed by atoms with Gasteiger partial charge in [-0.1, -0.05) is 35.5 Å². The van der Waals surface area contributed by atoms with Crippen molar-refractivity contribution in [3.05, 3.63) is 57.4 Å². The van der Waals surface area contributed by atoms with E-state index in [4.69, 9.17) is 9.72 Å². The Bertz CT molecular complexity index is 1400. The molecule has 5 heterocycles. The van der Waals surface area contributed by atoms with Crippen molar-refractivity contribution in [1.29, 1.82) is 0 Å². The molecule has 0 saturated carbocycles. The Morgan fingerprint density at radius 2 is 1.91 bits per heavy atom. The van der Waals surface area contributed by atoms with Crippen molar-refractivity contribution in [3.63, 3.8) is 0 Å². The summed E-state index contributed by atoms with van der Waals surface area (Å²) >= 11 is 1.46. The second-order valence-corrected chi connectivity index (χ2v) is 10.6. The van der Waals surface area contributed by atoms with E-state index in [-0.39, 0.29) is 11.2 Å². The summed E-state index contributed by atoms with van der Waals surface area (Å²) in [7, 11) is 0. The van der Waals surface area contributed by atoms with Crippen LogP contribution in [-0.4, -0.2) is 38.7 Å². The number of pyridine rings is 1. The van der Waals surface area contributed by atoms with E-state index in [1.807, 2.05) is 18.2 Å². The molecule has 3 aromatic heterocycles. The predicted octanol–water partition coefficient (Wildman–Crippen LogP) is 4.10. The Morgan fingerprint density at radius 3 is 2.70 bits per heavy atom. The lowest BCUT2D eigenvalue weighted by molar-refractivity contribution is -0.0395. The molecule has 0 N–H and O–H groups in total. The SMILES string of the molecule is CC1(C)Cc2c(c(N3CCCC3)nc3sc4c(=O)n(CCc5ccccc5)nnc4c23)CO1. The van der Waals surface area contributed by atoms with E-state index < -0.39 is 0 Å². The smallest absolute Gasteiger partial charge is 0.287 e. The number of hydrogen-bond donors (Lipinski definition) is 0. The van der Waals surface area contributed by atoms with Crippen LogP contribution in [0.1, 0.15) is 43.4 Å². The van der Waals surface area contributed by atoms with Gasteiger partial charge in [0.05, 0.1) is 18.8 Å². The number of aryl methyl sites for hydroxylation is 2. The molecule has 0 bridgehead atoms. The van der Waals surface area contributed by atoms with Crippen LogP contribution in [-0.2, 0) is 30.7 Å². The fourth-order valence-electron chi connectivity index (χ4n) is 5.02. The summed E-state index contributed by atoms with van der Waals surface area (Å²) in [6.07, 6.45) is 3.88. The van der Waals surface area contributed by atoms with Crippen molar-refractivity contribution in [2.75, 3.05) is 18.0 Å². The number of aromatic nitrogens is 4. The zero-order valence-electron chi connectivity index (χ0n) is 19.0. The molecule has 0 spiro atoms. The van der Waals surface area contributed by atoms with Crippen LogP contribution >= 0.6 is 11.3 Å². The van der Waals surface area contributed by atoms with Crippen LogP contribution in [0.3, 0.4) is 0 Å². The number of nitrogens with zero attached hydrogens (tertiary/aromatic N) is 5. The Labute approximate surface area is 196 Å². The van der Waals surface area contributed by atoms with Crippen molar-refractivity contribution in [2.45, 2.75) is 58.3 Å². The van der Waals surface area contributed by atoms with Crippen LogP contribution < -0.4 is 10.5 Å². The molecular formula is C25H27N5O2S. The minimum absolute atomic E-state index is 0.0817. The normalized spacial score (nSPS) is 17.7. The second kappa shape index (κ2) is 7.88. The quantitative estimate of drug-likeness (QED) is 0.456. The van der Waals surface area contributed by atoms with Gasteiger partial charge in [0.1, 0.15) is 20.9 Å². The van der Waals surface area contributed by atoms with Crippen LogP contribution in [0.5, 0.6) is 0 Å². The zero-order chi connectivity index (χ0) is 22.6. The number of ether oxygens (including phenoxy) is 1. The molecule has 170 valence electrons. The third-order valence-electron chi connectivity index (χ3n) is 6.76. The molecule has 0 amide bonds. The summed E-state index contributed by atoms with van der Waals surface area (Å²) in [4.78, 5) is 21.7. The first-order valence-electron chi connectivity index (χ1n) is 11.6. The van der Waals surface area contributed by atoms with Crippen molar-refractivity contribution in [3.8, 4) is 0 Å². The highest BCUT2D eigenvalue weighted by molar-refractivity contribution is 7.25. The number of rotatable bonds is 4. The Kier molecular flexibility index (Phi) is 4.96. The first-order valence-corrected chi connectivity index (χ1v) is 12.5. The van der Waals surface area contributed by atoms with Gasteiger partial charge >= 0.3 is 0 Å². The predicted molar refractivity (Wildman–Crippen MR) is 131 cm³/mol. The first kappa shape index (κ1) is 20.7. The summed E-state index contributed by atoms with van der Waals surface area (Å²) in [6.45, 7) is 7.32. The summed E-state index contributed by atoms with van der Waals surface area (Å²) in [5, 5.41) is 9.86. The van der Waals surface area contributed by atoms with Crippen LogP contribution in [0.15, 0.2) is 35.1 Å². The molecule has 4 aromatic rings. The third-order valence-corrected chi connectivity index (χ3v) is 7.82. The molecular weight excluding hydrogens is 434 g/mol. The van der Waals surface area contributed by atoms with E-state index in [2.05, 4.69) is 41.2 Å². The van der Waals surface area contributed by atoms with Gasteiger partial charge in [0.25, 0.3) is 5.56 Å². The van der Waals surface area contributed by atoms with Crippen molar-refractivity contribution >= 4 is 37.6 Å². The summed E-state index contributed by atoms with van der Waals surface area (Å²) in [6, 6.07) is 10.1. The maximum absolute atomic E-state index is 13.4. The Balaban J connectivity index is 1.49. The Hall–Kier alpha value is -2.84. The van der Waals surface area contributed by atoms with E-state index in [9.17, 15) is 4.79 Å². The topological polar surface area (TPSA) is 73.1 Å². The minimum Gasteiger partial charge on any atom is -0.370 e. The third kappa shape index (κ3) is 3.61. The van der Waals surface area contributed by atoms with E-state index in [1.54, 1.807) is 0 Å². The largest absolute Gasteiger partial charge is 0.370 e. The fraction of sp³-hybridized carbons (Fsp3) is 0.440. The number of hydrogen-bond acceptors (Lipinski definition) is 7. The molecule has 1 saturated heterocycles. The van der Waals surface area contributed by atoms with Gasteiger partial charge < -0.3 is 9.64 Å². The van der Waals surface area contributed by atoms with Gasteiger partial charge in [0.15, 0.2) is 0 Å². The van der Waals surface area contributed by atoms with Gasteiger partial charge in [-0.3, -0.25) is 4.79 Å². The lowest BCUT2D eigenvalue weighted by atomic mass is 9.90. The molecule has 7 nitrogen and oxygen atoms in total. The molecule has 1 aromatic carbocycles. The average Bonchev–Trinajstić information content (AvgIpc) is 3.47. The van der Waals surface area contributed by atoms with Crippen molar-refractivity contribution in [2.24, 2.45) is 0 Å². The van der Waals surface area contributed by atoms with Crippen LogP contribution in [0, 0.1) is 0 Å². The van der Waals surface area contributed by atoms with Crippen molar-refractivity contribution in [1.82, 2.24) is 20.0 Å². The van der Waals surface area contributed by atoms with Gasteiger partial charge in [0.2, 0.25) is 0 Å². The molecule has 0 unspecified atom stereocenters. The minimum atomic E-state index is -0.268. The molecule has 8 heteroatoms. The van der Waals surface area contributed by atoms with E-state index in [0.717, 1.165) is 47.5 Å². The van der Waals surface area contributed by atoms with E-state index in [1.165, 1.54) is 40.0 Å². The van der Waals surface area contributed by atoms with Crippen LogP contribution in [0.25, 0.3) is 20.4 Å². The second-order valence-electron chi connectivity index (χ2n) is 9.63. The summed E-state index contributed by atoms with van der Waals surface area (Å²) in [5.41, 5.74) is 3.89. The van der Waals surface area contributed by atoms with Crippen molar-refractivity contribution < 1.29 is 4.74 Å². The first-order chi connectivity index (χ1) is 16.0. The molecule has 1 fully saturated rings. The van der Waals surface area contributed by atoms with Gasteiger partial charge in [-0.2, -0.15) is 0 Å². The molecule has 33 heavy (non-hydrogen) atoms. The molecule has 0 radical (unpaired) electrons. The lowest BCUT2D eigenvalue weighted by Crippen LogP contribution is -2.34. The average molecular weight is 462 g/mol. The molecule has 2 aliphatic heterocycles.